The van der Waals surface area contributed by atoms with E-state index in [2.05, 4.69) is 5.32 Å². The van der Waals surface area contributed by atoms with Gasteiger partial charge in [-0.15, -0.1) is 0 Å². The molecule has 132 valence electrons. The van der Waals surface area contributed by atoms with Crippen LogP contribution in [0.5, 0.6) is 5.75 Å². The summed E-state index contributed by atoms with van der Waals surface area (Å²) in [5.74, 6) is 1.19. The predicted octanol–water partition coefficient (Wildman–Crippen LogP) is 3.63. The highest BCUT2D eigenvalue weighted by Crippen LogP contribution is 2.53. The summed E-state index contributed by atoms with van der Waals surface area (Å²) in [5.41, 5.74) is 2.04. The third-order valence-electron chi connectivity index (χ3n) is 5.42. The second-order valence-corrected chi connectivity index (χ2v) is 6.87. The van der Waals surface area contributed by atoms with Gasteiger partial charge in [0.15, 0.2) is 0 Å². The van der Waals surface area contributed by atoms with Crippen LogP contribution in [0, 0.1) is 0 Å². The molecular weight excluding hydrogens is 342 g/mol. The van der Waals surface area contributed by atoms with Crippen molar-refractivity contribution in [1.82, 2.24) is 5.01 Å². The van der Waals surface area contributed by atoms with Crippen LogP contribution in [0.3, 0.4) is 0 Å². The number of para-hydroxylation sites is 2. The number of amides is 1. The zero-order valence-corrected chi connectivity index (χ0v) is 14.3. The summed E-state index contributed by atoms with van der Waals surface area (Å²) in [6, 6.07) is 19.1. The number of hydrogen-bond donors (Lipinski definition) is 1. The normalized spacial score (nSPS) is 24.7. The Morgan fingerprint density at radius 2 is 1.93 bits per heavy atom. The fourth-order valence-electron chi connectivity index (χ4n) is 4.23. The number of nitrogens with zero attached hydrogens (tertiary/aromatic N) is 2. The summed E-state index contributed by atoms with van der Waals surface area (Å²) in [6.45, 7) is 0. The van der Waals surface area contributed by atoms with Gasteiger partial charge in [-0.25, -0.2) is 5.01 Å². The summed E-state index contributed by atoms with van der Waals surface area (Å²) >= 11 is 0. The molecular formula is C21H15N3O3. The summed E-state index contributed by atoms with van der Waals surface area (Å²) in [6.07, 6.45) is 2.28. The van der Waals surface area contributed by atoms with Gasteiger partial charge in [0.05, 0.1) is 23.6 Å². The molecule has 1 amide bonds. The first-order valence-electron chi connectivity index (χ1n) is 8.87. The number of hydrogen-bond acceptors (Lipinski definition) is 5. The molecule has 3 aromatic rings. The summed E-state index contributed by atoms with van der Waals surface area (Å²) in [7, 11) is 0. The van der Waals surface area contributed by atoms with E-state index in [0.717, 1.165) is 22.5 Å². The number of rotatable bonds is 1. The number of carbonyl (C=O) groups is 1. The first-order chi connectivity index (χ1) is 13.3. The van der Waals surface area contributed by atoms with Crippen LogP contribution in [0.1, 0.15) is 29.3 Å². The van der Waals surface area contributed by atoms with Crippen LogP contribution in [0.2, 0.25) is 0 Å². The van der Waals surface area contributed by atoms with Crippen molar-refractivity contribution in [3.05, 3.63) is 83.8 Å². The Hall–Kier alpha value is -3.54. The molecule has 6 nitrogen and oxygen atoms in total. The Bertz CT molecular complexity index is 1110. The highest BCUT2D eigenvalue weighted by Gasteiger charge is 2.60. The number of benzene rings is 2. The van der Waals surface area contributed by atoms with Gasteiger partial charge >= 0.3 is 5.72 Å². The molecule has 0 bridgehead atoms. The average Bonchev–Trinajstić information content (AvgIpc) is 3.41. The lowest BCUT2D eigenvalue weighted by Gasteiger charge is -2.43. The summed E-state index contributed by atoms with van der Waals surface area (Å²) in [5, 5.41) is 9.56. The van der Waals surface area contributed by atoms with Gasteiger partial charge in [0.2, 0.25) is 0 Å². The van der Waals surface area contributed by atoms with Crippen LogP contribution in [0.15, 0.2) is 76.4 Å². The molecule has 3 aliphatic rings. The average molecular weight is 357 g/mol. The number of carbonyl (C=O) groups excluding carboxylic acids is 1. The molecule has 0 radical (unpaired) electrons. The molecule has 27 heavy (non-hydrogen) atoms. The molecule has 0 fully saturated rings. The van der Waals surface area contributed by atoms with Gasteiger partial charge < -0.3 is 14.5 Å². The van der Waals surface area contributed by atoms with Gasteiger partial charge in [0.1, 0.15) is 17.2 Å². The molecule has 1 N–H and O–H groups in total. The van der Waals surface area contributed by atoms with Gasteiger partial charge in [0.25, 0.3) is 5.91 Å². The fourth-order valence-corrected chi connectivity index (χ4v) is 4.23. The summed E-state index contributed by atoms with van der Waals surface area (Å²) in [4.78, 5) is 13.2. The molecule has 3 aliphatic heterocycles. The van der Waals surface area contributed by atoms with Gasteiger partial charge in [-0.2, -0.15) is 5.10 Å². The monoisotopic (exact) mass is 357 g/mol. The molecule has 0 aliphatic carbocycles. The van der Waals surface area contributed by atoms with E-state index in [0.29, 0.717) is 17.9 Å². The number of hydrazone groups is 1. The van der Waals surface area contributed by atoms with Crippen LogP contribution in [-0.2, 0) is 10.5 Å². The van der Waals surface area contributed by atoms with Crippen LogP contribution < -0.4 is 10.1 Å². The molecule has 4 heterocycles. The van der Waals surface area contributed by atoms with Gasteiger partial charge in [0, 0.05) is 12.0 Å². The van der Waals surface area contributed by atoms with Crippen LogP contribution >= 0.6 is 0 Å². The van der Waals surface area contributed by atoms with Crippen molar-refractivity contribution in [1.29, 1.82) is 0 Å². The lowest BCUT2D eigenvalue weighted by molar-refractivity contribution is -0.161. The second kappa shape index (κ2) is 5.01. The topological polar surface area (TPSA) is 67.1 Å². The molecule has 1 spiro atoms. The minimum Gasteiger partial charge on any atom is -0.463 e. The van der Waals surface area contributed by atoms with E-state index in [1.54, 1.807) is 11.3 Å². The maximum absolute atomic E-state index is 13.2. The Kier molecular flexibility index (Phi) is 2.71. The van der Waals surface area contributed by atoms with E-state index in [1.807, 2.05) is 60.7 Å². The second-order valence-electron chi connectivity index (χ2n) is 6.87. The third kappa shape index (κ3) is 1.79. The molecule has 2 aromatic carbocycles. The van der Waals surface area contributed by atoms with E-state index < -0.39 is 5.72 Å². The lowest BCUT2D eigenvalue weighted by Crippen LogP contribution is -2.55. The Balaban J connectivity index is 1.60. The molecule has 1 aromatic heterocycles. The van der Waals surface area contributed by atoms with Crippen molar-refractivity contribution in [2.45, 2.75) is 18.2 Å². The Labute approximate surface area is 155 Å². The predicted molar refractivity (Wildman–Crippen MR) is 98.3 cm³/mol. The van der Waals surface area contributed by atoms with Gasteiger partial charge in [-0.05, 0) is 24.3 Å². The third-order valence-corrected chi connectivity index (χ3v) is 5.42. The summed E-state index contributed by atoms with van der Waals surface area (Å²) < 4.78 is 11.9. The van der Waals surface area contributed by atoms with Crippen molar-refractivity contribution in [2.24, 2.45) is 5.10 Å². The number of ether oxygens (including phenoxy) is 1. The standard InChI is InChI=1S/C21H15N3O3/c25-20-21(14-7-2-3-8-15(14)22-20)24-17(13-6-1-4-9-18(13)27-21)12-16(23-24)19-10-5-11-26-19/h1-11,17H,12H2,(H,22,25). The molecule has 6 heteroatoms. The van der Waals surface area contributed by atoms with Crippen molar-refractivity contribution < 1.29 is 13.9 Å². The number of furan rings is 1. The first kappa shape index (κ1) is 14.6. The highest BCUT2D eigenvalue weighted by atomic mass is 16.5. The largest absolute Gasteiger partial charge is 0.463 e. The zero-order valence-electron chi connectivity index (χ0n) is 14.3. The molecule has 2 unspecified atom stereocenters. The molecule has 6 rings (SSSR count). The Morgan fingerprint density at radius 3 is 2.81 bits per heavy atom. The lowest BCUT2D eigenvalue weighted by atomic mass is 9.93. The van der Waals surface area contributed by atoms with Crippen molar-refractivity contribution in [2.75, 3.05) is 5.32 Å². The van der Waals surface area contributed by atoms with E-state index >= 15 is 0 Å². The van der Waals surface area contributed by atoms with Crippen LogP contribution in [0.4, 0.5) is 5.69 Å². The highest BCUT2D eigenvalue weighted by molar-refractivity contribution is 6.06. The maximum Gasteiger partial charge on any atom is 0.306 e. The van der Waals surface area contributed by atoms with Crippen molar-refractivity contribution >= 4 is 17.3 Å². The molecule has 2 atom stereocenters. The number of anilines is 1. The SMILES string of the molecule is O=C1Nc2ccccc2C12Oc1ccccc1C1CC(c3ccco3)=NN12. The van der Waals surface area contributed by atoms with E-state index in [4.69, 9.17) is 14.3 Å². The smallest absolute Gasteiger partial charge is 0.306 e. The van der Waals surface area contributed by atoms with Gasteiger partial charge in [-0.1, -0.05) is 36.4 Å². The van der Waals surface area contributed by atoms with Crippen LogP contribution in [0.25, 0.3) is 0 Å². The van der Waals surface area contributed by atoms with Gasteiger partial charge in [-0.3, -0.25) is 4.79 Å². The van der Waals surface area contributed by atoms with E-state index in [9.17, 15) is 4.79 Å². The number of nitrogens with one attached hydrogen (secondary N) is 1. The minimum absolute atomic E-state index is 0.105. The zero-order chi connectivity index (χ0) is 18.0. The van der Waals surface area contributed by atoms with Crippen LogP contribution in [-0.4, -0.2) is 16.6 Å². The maximum atomic E-state index is 13.2. The molecule has 0 saturated carbocycles. The fraction of sp³-hybridized carbons (Fsp3) is 0.143. The molecule has 0 saturated heterocycles. The van der Waals surface area contributed by atoms with Crippen molar-refractivity contribution in [3.8, 4) is 5.75 Å². The Morgan fingerprint density at radius 1 is 1.07 bits per heavy atom. The number of fused-ring (bicyclic) bond motifs is 6. The van der Waals surface area contributed by atoms with E-state index in [-0.39, 0.29) is 11.9 Å². The van der Waals surface area contributed by atoms with Crippen molar-refractivity contribution in [3.63, 3.8) is 0 Å². The first-order valence-corrected chi connectivity index (χ1v) is 8.87. The quantitative estimate of drug-likeness (QED) is 0.722. The van der Waals surface area contributed by atoms with E-state index in [1.165, 1.54) is 0 Å². The minimum atomic E-state index is -1.32.